The molecule has 1 fully saturated rings. The molecule has 0 amide bonds. The molecule has 6 heteroatoms. The number of benzene rings is 1. The van der Waals surface area contributed by atoms with Crippen LogP contribution in [0, 0.1) is 11.3 Å². The topological polar surface area (TPSA) is 48.3 Å². The molecule has 1 atom stereocenters. The van der Waals surface area contributed by atoms with Crippen molar-refractivity contribution in [3.05, 3.63) is 29.3 Å². The summed E-state index contributed by atoms with van der Waals surface area (Å²) in [6, 6.07) is 8.43. The van der Waals surface area contributed by atoms with E-state index in [1.165, 1.54) is 5.56 Å². The van der Waals surface area contributed by atoms with Gasteiger partial charge in [0, 0.05) is 44.2 Å². The molecule has 20 heavy (non-hydrogen) atoms. The zero-order valence-corrected chi connectivity index (χ0v) is 12.8. The third-order valence-electron chi connectivity index (χ3n) is 3.74. The molecule has 1 aromatic carbocycles. The summed E-state index contributed by atoms with van der Waals surface area (Å²) in [6.07, 6.45) is 1.04. The average Bonchev–Trinajstić information content (AvgIpc) is 2.47. The Hall–Kier alpha value is -0.990. The minimum absolute atomic E-state index is 0. The average molecular weight is 316 g/mol. The van der Waals surface area contributed by atoms with E-state index >= 15 is 0 Å². The van der Waals surface area contributed by atoms with E-state index in [9.17, 15) is 0 Å². The highest BCUT2D eigenvalue weighted by Crippen LogP contribution is 2.36. The molecule has 1 saturated heterocycles. The Morgan fingerprint density at radius 1 is 1.25 bits per heavy atom. The highest BCUT2D eigenvalue weighted by atomic mass is 35.5. The van der Waals surface area contributed by atoms with E-state index in [1.54, 1.807) is 0 Å². The maximum Gasteiger partial charge on any atom is 0.125 e. The molecule has 0 bridgehead atoms. The number of nitrogens with zero attached hydrogens (tertiary/aromatic N) is 2. The first kappa shape index (κ1) is 17.1. The molecule has 0 spiro atoms. The molecule has 3 rings (SSSR count). The van der Waals surface area contributed by atoms with Gasteiger partial charge in [-0.3, -0.25) is 4.90 Å². The van der Waals surface area contributed by atoms with Crippen LogP contribution in [0.2, 0.25) is 0 Å². The Bertz CT molecular complexity index is 484. The van der Waals surface area contributed by atoms with Gasteiger partial charge in [0.15, 0.2) is 0 Å². The van der Waals surface area contributed by atoms with Crippen LogP contribution >= 0.6 is 24.8 Å². The van der Waals surface area contributed by atoms with Gasteiger partial charge in [0.1, 0.15) is 5.75 Å². The SMILES string of the molecule is Cl.Cl.N#Cc1ccc2c(c1)OCCC2N1CCNCC1. The first-order valence-electron chi connectivity index (χ1n) is 6.50. The minimum atomic E-state index is 0. The molecule has 1 aromatic rings. The fourth-order valence-corrected chi connectivity index (χ4v) is 2.81. The summed E-state index contributed by atoms with van der Waals surface area (Å²) in [6.45, 7) is 5.04. The molecular formula is C14H19Cl2N3O. The monoisotopic (exact) mass is 315 g/mol. The Labute approximate surface area is 131 Å². The van der Waals surface area contributed by atoms with Crippen molar-refractivity contribution in [1.29, 1.82) is 5.26 Å². The van der Waals surface area contributed by atoms with Crippen molar-refractivity contribution in [3.63, 3.8) is 0 Å². The molecule has 1 unspecified atom stereocenters. The van der Waals surface area contributed by atoms with Crippen molar-refractivity contribution in [2.75, 3.05) is 32.8 Å². The van der Waals surface area contributed by atoms with Gasteiger partial charge in [-0.2, -0.15) is 5.26 Å². The fraction of sp³-hybridized carbons (Fsp3) is 0.500. The van der Waals surface area contributed by atoms with Gasteiger partial charge in [-0.25, -0.2) is 0 Å². The molecule has 0 aromatic heterocycles. The lowest BCUT2D eigenvalue weighted by Crippen LogP contribution is -2.46. The van der Waals surface area contributed by atoms with Crippen LogP contribution in [0.3, 0.4) is 0 Å². The van der Waals surface area contributed by atoms with Gasteiger partial charge in [0.25, 0.3) is 0 Å². The molecule has 0 aliphatic carbocycles. The van der Waals surface area contributed by atoms with Gasteiger partial charge in [-0.05, 0) is 12.1 Å². The van der Waals surface area contributed by atoms with Gasteiger partial charge in [0.05, 0.1) is 18.2 Å². The van der Waals surface area contributed by atoms with E-state index in [0.29, 0.717) is 11.6 Å². The van der Waals surface area contributed by atoms with Crippen LogP contribution in [0.15, 0.2) is 18.2 Å². The number of hydrogen-bond donors (Lipinski definition) is 1. The zero-order valence-electron chi connectivity index (χ0n) is 11.2. The van der Waals surface area contributed by atoms with E-state index in [0.717, 1.165) is 45.0 Å². The summed E-state index contributed by atoms with van der Waals surface area (Å²) in [7, 11) is 0. The third-order valence-corrected chi connectivity index (χ3v) is 3.74. The number of halogens is 2. The van der Waals surface area contributed by atoms with Crippen molar-refractivity contribution >= 4 is 24.8 Å². The Kier molecular flexibility index (Phi) is 6.57. The number of ether oxygens (including phenoxy) is 1. The first-order valence-corrected chi connectivity index (χ1v) is 6.50. The summed E-state index contributed by atoms with van der Waals surface area (Å²) in [4.78, 5) is 2.52. The lowest BCUT2D eigenvalue weighted by Gasteiger charge is -2.38. The van der Waals surface area contributed by atoms with Crippen molar-refractivity contribution in [2.45, 2.75) is 12.5 Å². The number of piperazine rings is 1. The van der Waals surface area contributed by atoms with Gasteiger partial charge in [0.2, 0.25) is 0 Å². The maximum atomic E-state index is 8.93. The highest BCUT2D eigenvalue weighted by molar-refractivity contribution is 5.85. The van der Waals surface area contributed by atoms with Crippen LogP contribution in [0.1, 0.15) is 23.6 Å². The van der Waals surface area contributed by atoms with Crippen LogP contribution in [0.25, 0.3) is 0 Å². The minimum Gasteiger partial charge on any atom is -0.493 e. The van der Waals surface area contributed by atoms with E-state index in [1.807, 2.05) is 12.1 Å². The quantitative estimate of drug-likeness (QED) is 0.862. The summed E-state index contributed by atoms with van der Waals surface area (Å²) >= 11 is 0. The van der Waals surface area contributed by atoms with Crippen molar-refractivity contribution < 1.29 is 4.74 Å². The van der Waals surface area contributed by atoms with Crippen molar-refractivity contribution in [3.8, 4) is 11.8 Å². The molecular weight excluding hydrogens is 297 g/mol. The molecule has 110 valence electrons. The molecule has 2 aliphatic heterocycles. The van der Waals surface area contributed by atoms with Crippen LogP contribution < -0.4 is 10.1 Å². The summed E-state index contributed by atoms with van der Waals surface area (Å²) in [5.41, 5.74) is 1.91. The van der Waals surface area contributed by atoms with Gasteiger partial charge in [-0.1, -0.05) is 6.07 Å². The Morgan fingerprint density at radius 2 is 2.00 bits per heavy atom. The fourth-order valence-electron chi connectivity index (χ4n) is 2.81. The summed E-state index contributed by atoms with van der Waals surface area (Å²) in [5, 5.41) is 12.3. The van der Waals surface area contributed by atoms with Crippen LogP contribution in [0.5, 0.6) is 5.75 Å². The second-order valence-corrected chi connectivity index (χ2v) is 4.80. The Balaban J connectivity index is 0.000001000. The Morgan fingerprint density at radius 3 is 2.70 bits per heavy atom. The van der Waals surface area contributed by atoms with Crippen LogP contribution in [-0.4, -0.2) is 37.7 Å². The van der Waals surface area contributed by atoms with Crippen LogP contribution in [-0.2, 0) is 0 Å². The second-order valence-electron chi connectivity index (χ2n) is 4.80. The second kappa shape index (κ2) is 7.70. The van der Waals surface area contributed by atoms with Gasteiger partial charge < -0.3 is 10.1 Å². The first-order chi connectivity index (χ1) is 8.88. The summed E-state index contributed by atoms with van der Waals surface area (Å²) < 4.78 is 5.69. The molecule has 4 nitrogen and oxygen atoms in total. The predicted molar refractivity (Wildman–Crippen MR) is 82.9 cm³/mol. The number of rotatable bonds is 1. The van der Waals surface area contributed by atoms with Crippen molar-refractivity contribution in [2.24, 2.45) is 0 Å². The molecule has 2 heterocycles. The largest absolute Gasteiger partial charge is 0.493 e. The molecule has 1 N–H and O–H groups in total. The van der Waals surface area contributed by atoms with E-state index in [2.05, 4.69) is 22.4 Å². The lowest BCUT2D eigenvalue weighted by atomic mass is 9.97. The number of nitrogens with one attached hydrogen (secondary N) is 1. The summed E-state index contributed by atoms with van der Waals surface area (Å²) in [5.74, 6) is 0.892. The van der Waals surface area contributed by atoms with Crippen molar-refractivity contribution in [1.82, 2.24) is 10.2 Å². The standard InChI is InChI=1S/C14H17N3O.2ClH/c15-10-11-1-2-12-13(3-8-18-14(12)9-11)17-6-4-16-5-7-17;;/h1-2,9,13,16H,3-8H2;2*1H. The lowest BCUT2D eigenvalue weighted by molar-refractivity contribution is 0.126. The van der Waals surface area contributed by atoms with E-state index in [-0.39, 0.29) is 24.8 Å². The van der Waals surface area contributed by atoms with Crippen LogP contribution in [0.4, 0.5) is 0 Å². The van der Waals surface area contributed by atoms with E-state index < -0.39 is 0 Å². The zero-order chi connectivity index (χ0) is 12.4. The predicted octanol–water partition coefficient (Wildman–Crippen LogP) is 2.13. The van der Waals surface area contributed by atoms with Gasteiger partial charge in [-0.15, -0.1) is 24.8 Å². The molecule has 0 saturated carbocycles. The smallest absolute Gasteiger partial charge is 0.125 e. The molecule has 0 radical (unpaired) electrons. The maximum absolute atomic E-state index is 8.93. The third kappa shape index (κ3) is 3.36. The van der Waals surface area contributed by atoms with Gasteiger partial charge >= 0.3 is 0 Å². The van der Waals surface area contributed by atoms with E-state index in [4.69, 9.17) is 10.00 Å². The normalized spacial score (nSPS) is 21.4. The highest BCUT2D eigenvalue weighted by Gasteiger charge is 2.27. The number of nitriles is 1. The number of fused-ring (bicyclic) bond motifs is 1. The molecule has 2 aliphatic rings. The number of hydrogen-bond acceptors (Lipinski definition) is 4.